The van der Waals surface area contributed by atoms with E-state index < -0.39 is 47.2 Å². The van der Waals surface area contributed by atoms with Gasteiger partial charge in [0.15, 0.2) is 0 Å². The summed E-state index contributed by atoms with van der Waals surface area (Å²) >= 11 is 0. The molecule has 0 aromatic heterocycles. The van der Waals surface area contributed by atoms with Crippen molar-refractivity contribution < 1.29 is 64.1 Å². The van der Waals surface area contributed by atoms with Gasteiger partial charge in [-0.1, -0.05) is 32.4 Å². The van der Waals surface area contributed by atoms with E-state index in [2.05, 4.69) is 68.2 Å². The van der Waals surface area contributed by atoms with Crippen LogP contribution >= 0.6 is 0 Å². The van der Waals surface area contributed by atoms with E-state index >= 15 is 0 Å². The standard InChI is InChI=1S/2C6H6F3O2.C6H11O.C5H6FO2.4Rf/c2*1-3-11-5(10)4(2)6(7,8)9;1-3-5-6-7-4-2;1-3-8-5(7)4(2)6;;;;/h2*1-3H2;3H,1-2,4-6H2;1-3H2;;;;/q4*-1;;;;. The Balaban J connectivity index is -0.0000000580. The normalized spacial score (nSPS) is 8.95. The zero-order valence-corrected chi connectivity index (χ0v) is 48.4. The summed E-state index contributed by atoms with van der Waals surface area (Å²) in [6.07, 6.45) is -6.68. The monoisotopic (exact) mass is 1620 g/mol. The van der Waals surface area contributed by atoms with Gasteiger partial charge in [0.1, 0.15) is 11.1 Å². The number of esters is 3. The van der Waals surface area contributed by atoms with Gasteiger partial charge in [-0.2, -0.15) is 30.7 Å². The molecule has 0 spiro atoms. The number of rotatable bonds is 10. The molecule has 0 bridgehead atoms. The largest absolute Gasteiger partial charge is 0.495 e. The summed E-state index contributed by atoms with van der Waals surface area (Å²) in [5.41, 5.74) is -3.03. The number of carbonyl (C=O) groups is 3. The Morgan fingerprint density at radius 2 is 0.927 bits per heavy atom. The molecule has 0 amide bonds. The van der Waals surface area contributed by atoms with Crippen LogP contribution in [0.4, 0.5) is 30.7 Å². The number of halogens is 7. The molecule has 224 valence electrons. The average molecular weight is 1620 g/mol. The zero-order chi connectivity index (χ0) is 30.2. The van der Waals surface area contributed by atoms with E-state index in [0.29, 0.717) is 6.61 Å². The van der Waals surface area contributed by atoms with Crippen LogP contribution in [0.2, 0.25) is 0 Å². The third-order valence-corrected chi connectivity index (χ3v) is 2.71. The van der Waals surface area contributed by atoms with E-state index in [9.17, 15) is 45.1 Å². The third kappa shape index (κ3) is 35.1. The van der Waals surface area contributed by atoms with E-state index in [1.807, 2.05) is 6.08 Å². The van der Waals surface area contributed by atoms with E-state index in [1.54, 1.807) is 0 Å². The van der Waals surface area contributed by atoms with Gasteiger partial charge in [-0.05, 0) is 26.2 Å². The molecule has 0 unspecified atom stereocenters. The van der Waals surface area contributed by atoms with Gasteiger partial charge >= 0.3 is 30.3 Å². The van der Waals surface area contributed by atoms with Crippen molar-refractivity contribution >= 4 is 17.9 Å². The molecule has 0 aliphatic heterocycles. The summed E-state index contributed by atoms with van der Waals surface area (Å²) in [6, 6.07) is 0. The molecule has 41 heavy (non-hydrogen) atoms. The summed E-state index contributed by atoms with van der Waals surface area (Å²) in [4.78, 5) is 30.6. The van der Waals surface area contributed by atoms with E-state index in [4.69, 9.17) is 4.74 Å². The molecule has 0 rings (SSSR count). The van der Waals surface area contributed by atoms with Gasteiger partial charge in [0.25, 0.3) is 0 Å². The number of carbonyl (C=O) groups excluding carboxylic acids is 3. The predicted molar refractivity (Wildman–Crippen MR) is 121 cm³/mol. The second kappa shape index (κ2) is 29.1. The second-order valence-corrected chi connectivity index (χ2v) is 5.46. The Bertz CT molecular complexity index is 707. The Morgan fingerprint density at radius 3 is 1.10 bits per heavy atom. The maximum atomic E-state index is 11.6. The van der Waals surface area contributed by atoms with Crippen molar-refractivity contribution in [2.24, 2.45) is 0 Å². The van der Waals surface area contributed by atoms with Crippen molar-refractivity contribution in [1.29, 1.82) is 0 Å². The van der Waals surface area contributed by atoms with Crippen LogP contribution in [0.15, 0.2) is 49.4 Å². The van der Waals surface area contributed by atoms with E-state index in [-0.39, 0.29) is 19.8 Å². The molecule has 0 fully saturated rings. The molecule has 7 nitrogen and oxygen atoms in total. The third-order valence-electron chi connectivity index (χ3n) is 2.71. The van der Waals surface area contributed by atoms with Crippen molar-refractivity contribution in [1.82, 2.24) is 0 Å². The zero-order valence-electron chi connectivity index (χ0n) is 22.8. The van der Waals surface area contributed by atoms with Crippen molar-refractivity contribution in [3.05, 3.63) is 77.1 Å². The summed E-state index contributed by atoms with van der Waals surface area (Å²) in [5, 5.41) is 0. The molecule has 0 saturated carbocycles. The van der Waals surface area contributed by atoms with Gasteiger partial charge in [0.05, 0.1) is 0 Å². The minimum absolute atomic E-state index is 0. The van der Waals surface area contributed by atoms with Gasteiger partial charge in [-0.3, -0.25) is 0 Å². The molecule has 0 atom stereocenters. The van der Waals surface area contributed by atoms with Crippen LogP contribution in [0, 0.1) is 27.7 Å². The number of hydrogen-bond acceptors (Lipinski definition) is 7. The van der Waals surface area contributed by atoms with Crippen molar-refractivity contribution in [3.63, 3.8) is 0 Å². The molecule has 0 aromatic rings. The fraction of sp³-hybridized carbons (Fsp3) is 0.348. The second-order valence-electron chi connectivity index (χ2n) is 5.46. The van der Waals surface area contributed by atoms with Crippen molar-refractivity contribution in [3.8, 4) is 0 Å². The number of hydrogen-bond donors (Lipinski definition) is 0. The molecule has 0 aromatic carbocycles. The Hall–Kier alpha value is -7.16. The van der Waals surface area contributed by atoms with Crippen molar-refractivity contribution in [2.75, 3.05) is 33.0 Å². The SMILES string of the molecule is C=C(C(=O)OC[CH2-])C(F)(F)F.C=C(C(=O)OC[CH2-])C(F)(F)F.C=C(F)C(=O)OC[CH2-].C=CCCOC[CH2-].[Rf].[Rf].[Rf].[Rf]. The first-order chi connectivity index (χ1) is 16.9. The molecule has 0 aliphatic rings. The van der Waals surface area contributed by atoms with Gasteiger partial charge in [0.2, 0.25) is 5.83 Å². The summed E-state index contributed by atoms with van der Waals surface area (Å²) in [7, 11) is 0. The predicted octanol–water partition coefficient (Wildman–Crippen LogP) is 5.22. The molecule has 18 heteroatoms. The summed E-state index contributed by atoms with van der Waals surface area (Å²) in [5.74, 6) is -5.09. The van der Waals surface area contributed by atoms with Crippen LogP contribution in [-0.2, 0) is 33.3 Å². The minimum Gasteiger partial charge on any atom is -0.495 e. The molecular formula is C23H29F7O7Rf4-4. The average Bonchev–Trinajstić information content (AvgIpc) is 2.79. The first-order valence-electron chi connectivity index (χ1n) is 9.62. The topological polar surface area (TPSA) is 88.1 Å². The summed E-state index contributed by atoms with van der Waals surface area (Å²) < 4.78 is 98.1. The quantitative estimate of drug-likeness (QED) is 0.0565. The molecule has 0 radical (unpaired) electrons. The van der Waals surface area contributed by atoms with Crippen molar-refractivity contribution in [2.45, 2.75) is 18.8 Å². The first kappa shape index (κ1) is 54.7. The maximum absolute atomic E-state index is 11.6. The fourth-order valence-electron chi connectivity index (χ4n) is 1.03. The summed E-state index contributed by atoms with van der Waals surface area (Å²) in [6.45, 7) is 24.6. The van der Waals surface area contributed by atoms with Crippen LogP contribution < -0.4 is 0 Å². The van der Waals surface area contributed by atoms with Gasteiger partial charge < -0.3 is 46.6 Å². The molecule has 0 heterocycles. The molecule has 0 saturated heterocycles. The fourth-order valence-corrected chi connectivity index (χ4v) is 1.03. The van der Waals surface area contributed by atoms with Gasteiger partial charge in [-0.25, -0.2) is 14.4 Å². The minimum atomic E-state index is -4.72. The Morgan fingerprint density at radius 1 is 0.634 bits per heavy atom. The van der Waals surface area contributed by atoms with Crippen LogP contribution in [0.5, 0.6) is 0 Å². The van der Waals surface area contributed by atoms with Crippen LogP contribution in [0.25, 0.3) is 0 Å². The number of alkyl halides is 6. The molecule has 0 aliphatic carbocycles. The first-order valence-corrected chi connectivity index (χ1v) is 9.62. The maximum Gasteiger partial charge on any atom is 0.422 e. The van der Waals surface area contributed by atoms with Gasteiger partial charge in [-0.15, -0.1) is 6.58 Å². The van der Waals surface area contributed by atoms with E-state index in [1.165, 1.54) is 0 Å². The van der Waals surface area contributed by atoms with Crippen LogP contribution in [0.3, 0.4) is 0 Å². The number of ether oxygens (including phenoxy) is 4. The van der Waals surface area contributed by atoms with Crippen LogP contribution in [-0.4, -0.2) is 63.3 Å². The van der Waals surface area contributed by atoms with Gasteiger partial charge in [0, 0.05) is 6.61 Å². The van der Waals surface area contributed by atoms with Crippen LogP contribution in [0.1, 0.15) is 6.42 Å². The van der Waals surface area contributed by atoms with E-state index in [0.717, 1.165) is 13.0 Å². The Kier molecular flexibility index (Phi) is 38.8. The molecule has 0 N–H and O–H groups in total. The molecular weight excluding hydrogens is 1590 g/mol. The Labute approximate surface area is 211 Å². The smallest absolute Gasteiger partial charge is 0.422 e.